The molecule has 15 heavy (non-hydrogen) atoms. The van der Waals surface area contributed by atoms with Gasteiger partial charge in [-0.05, 0) is 17.7 Å². The maximum Gasteiger partial charge on any atom is 0.202 e. The molecule has 2 aromatic rings. The number of rotatable bonds is 3. The first-order valence-electron chi connectivity index (χ1n) is 4.38. The molecule has 1 N–H and O–H groups in total. The van der Waals surface area contributed by atoms with Gasteiger partial charge < -0.3 is 5.32 Å². The second kappa shape index (κ2) is 4.53. The lowest BCUT2D eigenvalue weighted by Crippen LogP contribution is -1.98. The normalized spacial score (nSPS) is 9.53. The Morgan fingerprint density at radius 3 is 3.13 bits per heavy atom. The smallest absolute Gasteiger partial charge is 0.202 e. The highest BCUT2D eigenvalue weighted by molar-refractivity contribution is 7.09. The zero-order valence-electron chi connectivity index (χ0n) is 7.84. The monoisotopic (exact) mass is 216 g/mol. The Morgan fingerprint density at radius 1 is 1.47 bits per heavy atom. The third-order valence-electron chi connectivity index (χ3n) is 1.86. The van der Waals surface area contributed by atoms with E-state index >= 15 is 0 Å². The van der Waals surface area contributed by atoms with Gasteiger partial charge >= 0.3 is 0 Å². The van der Waals surface area contributed by atoms with Crippen LogP contribution in [0, 0.1) is 11.3 Å². The Morgan fingerprint density at radius 2 is 2.40 bits per heavy atom. The summed E-state index contributed by atoms with van der Waals surface area (Å²) in [5.74, 6) is 0. The van der Waals surface area contributed by atoms with Crippen molar-refractivity contribution < 1.29 is 0 Å². The van der Waals surface area contributed by atoms with Crippen LogP contribution in [0.3, 0.4) is 0 Å². The fourth-order valence-corrected chi connectivity index (χ4v) is 1.60. The number of anilines is 1. The lowest BCUT2D eigenvalue weighted by atomic mass is 10.1. The largest absolute Gasteiger partial charge is 0.356 e. The topological polar surface area (TPSA) is 61.6 Å². The van der Waals surface area contributed by atoms with Crippen molar-refractivity contribution in [2.24, 2.45) is 0 Å². The van der Waals surface area contributed by atoms with Crippen LogP contribution in [0.4, 0.5) is 5.13 Å². The summed E-state index contributed by atoms with van der Waals surface area (Å²) in [6.07, 6.45) is 1.51. The van der Waals surface area contributed by atoms with Crippen LogP contribution in [0.15, 0.2) is 30.6 Å². The average molecular weight is 216 g/mol. The molecule has 4 nitrogen and oxygen atoms in total. The Hall–Kier alpha value is -1.93. The van der Waals surface area contributed by atoms with Gasteiger partial charge in [-0.1, -0.05) is 12.1 Å². The minimum absolute atomic E-state index is 0.657. The Bertz CT molecular complexity index is 472. The van der Waals surface area contributed by atoms with Crippen molar-refractivity contribution in [1.29, 1.82) is 5.26 Å². The third-order valence-corrected chi connectivity index (χ3v) is 2.48. The predicted molar refractivity (Wildman–Crippen MR) is 58.4 cm³/mol. The Labute approximate surface area is 91.4 Å². The van der Waals surface area contributed by atoms with Crippen molar-refractivity contribution >= 4 is 16.7 Å². The summed E-state index contributed by atoms with van der Waals surface area (Å²) >= 11 is 1.31. The van der Waals surface area contributed by atoms with Gasteiger partial charge in [0.15, 0.2) is 0 Å². The molecule has 0 aliphatic carbocycles. The van der Waals surface area contributed by atoms with E-state index in [1.807, 2.05) is 18.2 Å². The number of nitriles is 1. The van der Waals surface area contributed by atoms with E-state index in [2.05, 4.69) is 20.7 Å². The number of nitrogens with one attached hydrogen (secondary N) is 1. The number of hydrogen-bond donors (Lipinski definition) is 1. The summed E-state index contributed by atoms with van der Waals surface area (Å²) < 4.78 is 3.88. The first-order valence-corrected chi connectivity index (χ1v) is 5.15. The Kier molecular flexibility index (Phi) is 2.90. The number of nitrogens with zero attached hydrogens (tertiary/aromatic N) is 3. The zero-order chi connectivity index (χ0) is 10.5. The fraction of sp³-hybridized carbons (Fsp3) is 0.100. The van der Waals surface area contributed by atoms with Crippen LogP contribution < -0.4 is 5.32 Å². The van der Waals surface area contributed by atoms with Crippen LogP contribution in [0.5, 0.6) is 0 Å². The van der Waals surface area contributed by atoms with Crippen LogP contribution in [0.25, 0.3) is 0 Å². The number of aromatic nitrogens is 2. The van der Waals surface area contributed by atoms with Gasteiger partial charge in [0.2, 0.25) is 5.13 Å². The molecule has 2 rings (SSSR count). The molecule has 1 aromatic carbocycles. The van der Waals surface area contributed by atoms with Gasteiger partial charge in [-0.2, -0.15) is 9.64 Å². The Balaban J connectivity index is 2.02. The standard InChI is InChI=1S/C10H8N4S/c11-5-8-2-1-3-9(4-8)6-12-10-13-7-14-15-10/h1-4,7H,6H2,(H,12,13,14). The second-order valence-electron chi connectivity index (χ2n) is 2.91. The zero-order valence-corrected chi connectivity index (χ0v) is 8.66. The quantitative estimate of drug-likeness (QED) is 0.852. The van der Waals surface area contributed by atoms with Crippen LogP contribution in [0.1, 0.15) is 11.1 Å². The van der Waals surface area contributed by atoms with Crippen LogP contribution in [0.2, 0.25) is 0 Å². The van der Waals surface area contributed by atoms with Crippen molar-refractivity contribution in [2.75, 3.05) is 5.32 Å². The maximum atomic E-state index is 8.72. The molecule has 0 radical (unpaired) electrons. The van der Waals surface area contributed by atoms with E-state index < -0.39 is 0 Å². The first-order chi connectivity index (χ1) is 7.38. The van der Waals surface area contributed by atoms with Gasteiger partial charge in [-0.15, -0.1) is 0 Å². The van der Waals surface area contributed by atoms with Crippen molar-refractivity contribution in [3.8, 4) is 6.07 Å². The molecule has 0 saturated carbocycles. The molecule has 0 spiro atoms. The lowest BCUT2D eigenvalue weighted by molar-refractivity contribution is 1.13. The first kappa shape index (κ1) is 9.62. The van der Waals surface area contributed by atoms with Crippen molar-refractivity contribution in [2.45, 2.75) is 6.54 Å². The molecule has 74 valence electrons. The molecule has 1 aromatic heterocycles. The minimum Gasteiger partial charge on any atom is -0.356 e. The number of benzene rings is 1. The molecule has 0 fully saturated rings. The minimum atomic E-state index is 0.657. The van der Waals surface area contributed by atoms with Crippen LogP contribution in [-0.4, -0.2) is 9.36 Å². The SMILES string of the molecule is N#Cc1cccc(CNc2ncns2)c1. The van der Waals surface area contributed by atoms with Gasteiger partial charge in [0.05, 0.1) is 11.6 Å². The highest BCUT2D eigenvalue weighted by Crippen LogP contribution is 2.10. The van der Waals surface area contributed by atoms with Crippen molar-refractivity contribution in [3.63, 3.8) is 0 Å². The van der Waals surface area contributed by atoms with E-state index in [0.29, 0.717) is 12.1 Å². The fourth-order valence-electron chi connectivity index (χ4n) is 1.18. The van der Waals surface area contributed by atoms with Crippen LogP contribution >= 0.6 is 11.5 Å². The van der Waals surface area contributed by atoms with E-state index in [1.165, 1.54) is 17.9 Å². The van der Waals surface area contributed by atoms with E-state index in [0.717, 1.165) is 10.7 Å². The molecule has 0 aliphatic rings. The molecule has 1 heterocycles. The molecular weight excluding hydrogens is 208 g/mol. The molecule has 0 saturated heterocycles. The summed E-state index contributed by atoms with van der Waals surface area (Å²) in [5.41, 5.74) is 1.73. The third kappa shape index (κ3) is 2.51. The van der Waals surface area contributed by atoms with Gasteiger partial charge in [-0.3, -0.25) is 0 Å². The van der Waals surface area contributed by atoms with Gasteiger partial charge in [0.1, 0.15) is 6.33 Å². The predicted octanol–water partition coefficient (Wildman–Crippen LogP) is 2.02. The molecule has 0 amide bonds. The van der Waals surface area contributed by atoms with Crippen molar-refractivity contribution in [1.82, 2.24) is 9.36 Å². The summed E-state index contributed by atoms with van der Waals surface area (Å²) in [6.45, 7) is 0.657. The molecule has 0 atom stereocenters. The summed E-state index contributed by atoms with van der Waals surface area (Å²) in [5, 5.41) is 12.6. The molecule has 0 bridgehead atoms. The average Bonchev–Trinajstić information content (AvgIpc) is 2.79. The van der Waals surface area contributed by atoms with Crippen molar-refractivity contribution in [3.05, 3.63) is 41.7 Å². The van der Waals surface area contributed by atoms with E-state index in [1.54, 1.807) is 6.07 Å². The summed E-state index contributed by atoms with van der Waals surface area (Å²) in [4.78, 5) is 4.01. The number of hydrogen-bond acceptors (Lipinski definition) is 5. The van der Waals surface area contributed by atoms with E-state index in [4.69, 9.17) is 5.26 Å². The second-order valence-corrected chi connectivity index (χ2v) is 3.69. The highest BCUT2D eigenvalue weighted by atomic mass is 32.1. The molecule has 5 heteroatoms. The maximum absolute atomic E-state index is 8.72. The molecular formula is C10H8N4S. The highest BCUT2D eigenvalue weighted by Gasteiger charge is 1.97. The summed E-state index contributed by atoms with van der Waals surface area (Å²) in [7, 11) is 0. The molecule has 0 unspecified atom stereocenters. The molecule has 0 aliphatic heterocycles. The van der Waals surface area contributed by atoms with Gasteiger partial charge in [0, 0.05) is 18.1 Å². The van der Waals surface area contributed by atoms with Gasteiger partial charge in [-0.25, -0.2) is 4.98 Å². The summed E-state index contributed by atoms with van der Waals surface area (Å²) in [6, 6.07) is 9.59. The van der Waals surface area contributed by atoms with Gasteiger partial charge in [0.25, 0.3) is 0 Å². The lowest BCUT2D eigenvalue weighted by Gasteiger charge is -2.01. The van der Waals surface area contributed by atoms with Crippen LogP contribution in [-0.2, 0) is 6.54 Å². The van der Waals surface area contributed by atoms with E-state index in [9.17, 15) is 0 Å². The van der Waals surface area contributed by atoms with E-state index in [-0.39, 0.29) is 0 Å².